The van der Waals surface area contributed by atoms with Crippen LogP contribution in [0, 0.1) is 0 Å². The van der Waals surface area contributed by atoms with Crippen LogP contribution in [0.3, 0.4) is 0 Å². The van der Waals surface area contributed by atoms with Gasteiger partial charge in [-0.1, -0.05) is 44.9 Å². The molecule has 1 aromatic heterocycles. The van der Waals surface area contributed by atoms with Crippen LogP contribution in [0.5, 0.6) is 0 Å². The van der Waals surface area contributed by atoms with Gasteiger partial charge in [0.15, 0.2) is 0 Å². The number of aromatic nitrogens is 2. The van der Waals surface area contributed by atoms with Crippen molar-refractivity contribution in [2.45, 2.75) is 84.6 Å². The van der Waals surface area contributed by atoms with Crippen molar-refractivity contribution in [1.29, 1.82) is 0 Å². The van der Waals surface area contributed by atoms with Crippen LogP contribution in [0.15, 0.2) is 18.7 Å². The fourth-order valence-electron chi connectivity index (χ4n) is 3.21. The van der Waals surface area contributed by atoms with Crippen molar-refractivity contribution in [3.8, 4) is 0 Å². The largest absolute Gasteiger partial charge is 1.00 e. The Morgan fingerprint density at radius 3 is 1.78 bits per heavy atom. The molecule has 0 aliphatic rings. The molecule has 0 unspecified atom stereocenters. The minimum Gasteiger partial charge on any atom is -1.00 e. The Balaban J connectivity index is 0.00000676. The van der Waals surface area contributed by atoms with E-state index in [1.807, 2.05) is 13.8 Å². The molecule has 0 saturated carbocycles. The molecule has 0 aliphatic carbocycles. The van der Waals surface area contributed by atoms with Gasteiger partial charge in [-0.15, -0.1) is 0 Å². The summed E-state index contributed by atoms with van der Waals surface area (Å²) in [7, 11) is -0.758. The molecule has 0 bridgehead atoms. The first-order valence-corrected chi connectivity index (χ1v) is 12.2. The molecule has 0 amide bonds. The Bertz CT molecular complexity index is 501. The van der Waals surface area contributed by atoms with Crippen molar-refractivity contribution in [2.75, 3.05) is 19.4 Å². The van der Waals surface area contributed by atoms with Gasteiger partial charge in [-0.3, -0.25) is 4.57 Å². The van der Waals surface area contributed by atoms with Crippen LogP contribution in [-0.2, 0) is 27.2 Å². The third-order valence-corrected chi connectivity index (χ3v) is 6.74. The molecule has 5 nitrogen and oxygen atoms in total. The van der Waals surface area contributed by atoms with Crippen LogP contribution in [-0.4, -0.2) is 23.9 Å². The normalized spacial score (nSPS) is 11.5. The topological polar surface area (TPSA) is 44.3 Å². The van der Waals surface area contributed by atoms with Crippen LogP contribution >= 0.6 is 7.60 Å². The minimum atomic E-state index is -2.82. The van der Waals surface area contributed by atoms with Crippen LogP contribution in [0.2, 0.25) is 0 Å². The smallest absolute Gasteiger partial charge is 0.330 e. The monoisotopic (exact) mass is 466 g/mol. The number of halogens is 1. The zero-order chi connectivity index (χ0) is 19.1. The molecule has 0 saturated heterocycles. The maximum Gasteiger partial charge on any atom is 0.330 e. The van der Waals surface area contributed by atoms with Crippen LogP contribution < -0.4 is 21.5 Å². The summed E-state index contributed by atoms with van der Waals surface area (Å²) < 4.78 is 27.3. The summed E-state index contributed by atoms with van der Waals surface area (Å²) in [5, 5.41) is 0. The average Bonchev–Trinajstić information content (AvgIpc) is 3.01. The van der Waals surface area contributed by atoms with E-state index >= 15 is 0 Å². The van der Waals surface area contributed by atoms with Crippen molar-refractivity contribution in [3.63, 3.8) is 0 Å². The van der Waals surface area contributed by atoms with E-state index in [1.165, 1.54) is 51.4 Å². The minimum absolute atomic E-state index is 0. The Kier molecular flexibility index (Phi) is 16.7. The molecule has 0 N–H and O–H groups in total. The molecule has 0 fully saturated rings. The SMILES string of the molecule is CCOP(=O)(CCCCCCCCCCCCn1cc[n+](C)c1)OCC.[Br-]. The fourth-order valence-corrected chi connectivity index (χ4v) is 4.94. The van der Waals surface area contributed by atoms with E-state index in [0.29, 0.717) is 19.4 Å². The standard InChI is InChI=1S/C20H40N2O3P.BrH/c1-4-24-26(23,25-5-2)19-15-13-11-9-7-6-8-10-12-14-16-22-18-17-21(3)20-22;/h17-18,20H,4-16,19H2,1-3H3;1H/q+1;/p-1. The molecule has 1 rings (SSSR count). The maximum atomic E-state index is 12.3. The first-order chi connectivity index (χ1) is 12.6. The number of imidazole rings is 1. The highest BCUT2D eigenvalue weighted by atomic mass is 79.9. The van der Waals surface area contributed by atoms with Gasteiger partial charge in [0.25, 0.3) is 0 Å². The average molecular weight is 467 g/mol. The van der Waals surface area contributed by atoms with Gasteiger partial charge in [0, 0.05) is 0 Å². The van der Waals surface area contributed by atoms with E-state index in [2.05, 4.69) is 34.9 Å². The van der Waals surface area contributed by atoms with E-state index in [4.69, 9.17) is 9.05 Å². The predicted molar refractivity (Wildman–Crippen MR) is 108 cm³/mol. The van der Waals surface area contributed by atoms with Crippen molar-refractivity contribution >= 4 is 7.60 Å². The zero-order valence-corrected chi connectivity index (χ0v) is 20.1. The maximum absolute atomic E-state index is 12.3. The van der Waals surface area contributed by atoms with Gasteiger partial charge in [-0.25, -0.2) is 9.13 Å². The molecule has 0 aromatic carbocycles. The lowest BCUT2D eigenvalue weighted by Gasteiger charge is -2.16. The van der Waals surface area contributed by atoms with Gasteiger partial charge >= 0.3 is 7.60 Å². The third kappa shape index (κ3) is 13.6. The molecule has 0 aliphatic heterocycles. The number of nitrogens with zero attached hydrogens (tertiary/aromatic N) is 2. The lowest BCUT2D eigenvalue weighted by molar-refractivity contribution is -0.671. The summed E-state index contributed by atoms with van der Waals surface area (Å²) in [6.07, 6.45) is 19.5. The van der Waals surface area contributed by atoms with E-state index in [0.717, 1.165) is 19.4 Å². The first kappa shape index (κ1) is 26.8. The lowest BCUT2D eigenvalue weighted by atomic mass is 10.1. The Morgan fingerprint density at radius 2 is 1.33 bits per heavy atom. The second-order valence-corrected chi connectivity index (χ2v) is 9.21. The molecular formula is C20H40BrN2O3P. The van der Waals surface area contributed by atoms with Gasteiger partial charge in [0.2, 0.25) is 6.33 Å². The van der Waals surface area contributed by atoms with E-state index in [1.54, 1.807) is 0 Å². The Morgan fingerprint density at radius 1 is 0.852 bits per heavy atom. The highest BCUT2D eigenvalue weighted by Crippen LogP contribution is 2.48. The van der Waals surface area contributed by atoms with E-state index in [9.17, 15) is 4.57 Å². The molecule has 27 heavy (non-hydrogen) atoms. The number of hydrogen-bond acceptors (Lipinski definition) is 3. The summed E-state index contributed by atoms with van der Waals surface area (Å²) in [5.41, 5.74) is 0. The van der Waals surface area contributed by atoms with Gasteiger partial charge in [-0.05, 0) is 33.1 Å². The quantitative estimate of drug-likeness (QED) is 0.201. The molecule has 7 heteroatoms. The van der Waals surface area contributed by atoms with Gasteiger partial charge in [0.05, 0.1) is 33.0 Å². The van der Waals surface area contributed by atoms with Crippen molar-refractivity contribution in [1.82, 2.24) is 4.57 Å². The van der Waals surface area contributed by atoms with Gasteiger partial charge < -0.3 is 26.0 Å². The van der Waals surface area contributed by atoms with Crippen LogP contribution in [0.1, 0.15) is 78.1 Å². The lowest BCUT2D eigenvalue weighted by Crippen LogP contribution is -3.00. The van der Waals surface area contributed by atoms with E-state index in [-0.39, 0.29) is 17.0 Å². The molecular weight excluding hydrogens is 427 g/mol. The van der Waals surface area contributed by atoms with Crippen molar-refractivity contribution in [3.05, 3.63) is 18.7 Å². The second kappa shape index (κ2) is 16.8. The molecule has 0 radical (unpaired) electrons. The molecule has 1 aromatic rings. The number of hydrogen-bond donors (Lipinski definition) is 0. The number of aryl methyl sites for hydroxylation is 2. The number of unbranched alkanes of at least 4 members (excludes halogenated alkanes) is 9. The second-order valence-electron chi connectivity index (χ2n) is 7.02. The summed E-state index contributed by atoms with van der Waals surface area (Å²) in [4.78, 5) is 0. The highest BCUT2D eigenvalue weighted by Gasteiger charge is 2.22. The zero-order valence-electron chi connectivity index (χ0n) is 17.6. The summed E-state index contributed by atoms with van der Waals surface area (Å²) in [5.74, 6) is 0. The Hall–Kier alpha value is -0.160. The summed E-state index contributed by atoms with van der Waals surface area (Å²) in [6, 6.07) is 0. The van der Waals surface area contributed by atoms with Crippen molar-refractivity contribution in [2.24, 2.45) is 7.05 Å². The predicted octanol–water partition coefficient (Wildman–Crippen LogP) is 2.48. The Labute approximate surface area is 177 Å². The first-order valence-electron chi connectivity index (χ1n) is 10.5. The highest BCUT2D eigenvalue weighted by molar-refractivity contribution is 7.53. The third-order valence-electron chi connectivity index (χ3n) is 4.57. The van der Waals surface area contributed by atoms with E-state index < -0.39 is 7.60 Å². The summed E-state index contributed by atoms with van der Waals surface area (Å²) >= 11 is 0. The summed E-state index contributed by atoms with van der Waals surface area (Å²) in [6.45, 7) is 5.79. The molecule has 0 spiro atoms. The number of rotatable bonds is 17. The van der Waals surface area contributed by atoms with Gasteiger partial charge in [0.1, 0.15) is 12.4 Å². The molecule has 1 heterocycles. The fraction of sp³-hybridized carbons (Fsp3) is 0.850. The molecule has 0 atom stereocenters. The van der Waals surface area contributed by atoms with Crippen molar-refractivity contribution < 1.29 is 35.2 Å². The van der Waals surface area contributed by atoms with Crippen LogP contribution in [0.4, 0.5) is 0 Å². The van der Waals surface area contributed by atoms with Gasteiger partial charge in [-0.2, -0.15) is 0 Å². The molecule has 160 valence electrons. The van der Waals surface area contributed by atoms with Crippen LogP contribution in [0.25, 0.3) is 0 Å².